The van der Waals surface area contributed by atoms with E-state index in [0.717, 1.165) is 51.1 Å². The van der Waals surface area contributed by atoms with Crippen LogP contribution in [-0.4, -0.2) is 29.0 Å². The van der Waals surface area contributed by atoms with Gasteiger partial charge in [0.1, 0.15) is 5.75 Å². The molecule has 1 heterocycles. The Morgan fingerprint density at radius 2 is 1.77 bits per heavy atom. The summed E-state index contributed by atoms with van der Waals surface area (Å²) in [4.78, 5) is 15.7. The number of amides is 1. The number of nitrogens with zero attached hydrogens (tertiary/aromatic N) is 1. The van der Waals surface area contributed by atoms with Crippen LogP contribution in [0.1, 0.15) is 70.3 Å². The molecule has 3 aliphatic carbocycles. The van der Waals surface area contributed by atoms with Gasteiger partial charge in [-0.05, 0) is 86.3 Å². The van der Waals surface area contributed by atoms with Crippen LogP contribution >= 0.6 is 0 Å². The molecule has 0 aromatic heterocycles. The maximum atomic E-state index is 13.6. The Hall–Kier alpha value is -1.51. The fourth-order valence-corrected chi connectivity index (χ4v) is 6.21. The van der Waals surface area contributed by atoms with Crippen LogP contribution in [0.25, 0.3) is 0 Å². The van der Waals surface area contributed by atoms with Crippen LogP contribution in [0, 0.1) is 23.2 Å². The minimum Gasteiger partial charge on any atom is -0.508 e. The van der Waals surface area contributed by atoms with E-state index in [-0.39, 0.29) is 5.41 Å². The van der Waals surface area contributed by atoms with Crippen LogP contribution in [0.5, 0.6) is 5.75 Å². The lowest BCUT2D eigenvalue weighted by Gasteiger charge is -2.44. The Morgan fingerprint density at radius 1 is 1.08 bits per heavy atom. The zero-order chi connectivity index (χ0) is 18.3. The number of carbonyl (C=O) groups is 1. The summed E-state index contributed by atoms with van der Waals surface area (Å²) >= 11 is 0. The summed E-state index contributed by atoms with van der Waals surface area (Å²) in [6, 6.07) is 7.62. The van der Waals surface area contributed by atoms with Gasteiger partial charge in [0.2, 0.25) is 5.91 Å². The lowest BCUT2D eigenvalue weighted by molar-refractivity contribution is -0.147. The van der Waals surface area contributed by atoms with Crippen molar-refractivity contribution in [2.24, 2.45) is 23.2 Å². The van der Waals surface area contributed by atoms with E-state index in [1.165, 1.54) is 18.4 Å². The van der Waals surface area contributed by atoms with E-state index >= 15 is 0 Å². The van der Waals surface area contributed by atoms with Crippen molar-refractivity contribution in [3.63, 3.8) is 0 Å². The first-order chi connectivity index (χ1) is 12.5. The maximum Gasteiger partial charge on any atom is 0.228 e. The number of aromatic hydroxyl groups is 1. The van der Waals surface area contributed by atoms with Gasteiger partial charge in [-0.1, -0.05) is 26.0 Å². The number of hydrogen-bond donors (Lipinski definition) is 1. The highest BCUT2D eigenvalue weighted by atomic mass is 16.3. The molecule has 2 bridgehead atoms. The molecule has 1 amide bonds. The number of hydrogen-bond acceptors (Lipinski definition) is 2. The fourth-order valence-electron chi connectivity index (χ4n) is 6.21. The highest BCUT2D eigenvalue weighted by Gasteiger charge is 2.50. The van der Waals surface area contributed by atoms with E-state index in [2.05, 4.69) is 18.7 Å². The van der Waals surface area contributed by atoms with E-state index in [4.69, 9.17) is 0 Å². The minimum atomic E-state index is -0.0722. The van der Waals surface area contributed by atoms with Crippen LogP contribution in [0.4, 0.5) is 0 Å². The summed E-state index contributed by atoms with van der Waals surface area (Å²) in [5.74, 6) is 3.53. The van der Waals surface area contributed by atoms with Crippen LogP contribution in [0.2, 0.25) is 0 Å². The number of likely N-dealkylation sites (tertiary alicyclic amines) is 1. The molecule has 4 aliphatic rings. The summed E-state index contributed by atoms with van der Waals surface area (Å²) in [5, 5.41) is 9.49. The van der Waals surface area contributed by atoms with Crippen LogP contribution in [0.15, 0.2) is 24.3 Å². The van der Waals surface area contributed by atoms with Crippen molar-refractivity contribution < 1.29 is 9.90 Å². The lowest BCUT2D eigenvalue weighted by Crippen LogP contribution is -2.49. The molecule has 26 heavy (non-hydrogen) atoms. The first kappa shape index (κ1) is 17.9. The number of piperidine rings is 1. The molecule has 1 aromatic carbocycles. The van der Waals surface area contributed by atoms with Crippen molar-refractivity contribution >= 4 is 5.91 Å². The van der Waals surface area contributed by atoms with Crippen molar-refractivity contribution in [2.45, 2.75) is 64.7 Å². The highest BCUT2D eigenvalue weighted by molar-refractivity contribution is 5.83. The topological polar surface area (TPSA) is 40.5 Å². The number of benzene rings is 1. The second-order valence-electron chi connectivity index (χ2n) is 9.46. The second-order valence-corrected chi connectivity index (χ2v) is 9.46. The summed E-state index contributed by atoms with van der Waals surface area (Å²) in [6.45, 7) is 6.51. The molecule has 3 saturated carbocycles. The minimum absolute atomic E-state index is 0.0722. The summed E-state index contributed by atoms with van der Waals surface area (Å²) in [5.41, 5.74) is 1.22. The van der Waals surface area contributed by atoms with Gasteiger partial charge < -0.3 is 10.0 Å². The normalized spacial score (nSPS) is 35.3. The number of carbonyl (C=O) groups excluding carboxylic acids is 1. The Morgan fingerprint density at radius 3 is 2.42 bits per heavy atom. The van der Waals surface area contributed by atoms with E-state index in [1.54, 1.807) is 12.1 Å². The van der Waals surface area contributed by atoms with Gasteiger partial charge >= 0.3 is 0 Å². The van der Waals surface area contributed by atoms with Gasteiger partial charge in [-0.25, -0.2) is 0 Å². The molecule has 4 unspecified atom stereocenters. The predicted octanol–water partition coefficient (Wildman–Crippen LogP) is 4.95. The van der Waals surface area contributed by atoms with Crippen LogP contribution in [-0.2, 0) is 4.79 Å². The van der Waals surface area contributed by atoms with Gasteiger partial charge in [0.15, 0.2) is 0 Å². The Kier molecular flexibility index (Phi) is 4.75. The maximum absolute atomic E-state index is 13.6. The molecule has 1 N–H and O–H groups in total. The summed E-state index contributed by atoms with van der Waals surface area (Å²) in [7, 11) is 0. The zero-order valence-electron chi connectivity index (χ0n) is 16.3. The van der Waals surface area contributed by atoms with Gasteiger partial charge in [0, 0.05) is 18.5 Å². The van der Waals surface area contributed by atoms with Crippen LogP contribution in [0.3, 0.4) is 0 Å². The third-order valence-electron chi connectivity index (χ3n) is 7.56. The quantitative estimate of drug-likeness (QED) is 0.815. The van der Waals surface area contributed by atoms with Crippen molar-refractivity contribution in [3.8, 4) is 5.75 Å². The Bertz CT molecular complexity index is 643. The summed E-state index contributed by atoms with van der Waals surface area (Å²) in [6.07, 6.45) is 7.98. The van der Waals surface area contributed by atoms with E-state index in [1.807, 2.05) is 12.1 Å². The van der Waals surface area contributed by atoms with Crippen molar-refractivity contribution in [2.75, 3.05) is 13.1 Å². The molecule has 0 radical (unpaired) electrons. The molecule has 3 heteroatoms. The average molecular weight is 356 g/mol. The molecule has 0 spiro atoms. The van der Waals surface area contributed by atoms with Gasteiger partial charge in [-0.15, -0.1) is 0 Å². The zero-order valence-corrected chi connectivity index (χ0v) is 16.3. The molecule has 1 saturated heterocycles. The molecule has 5 rings (SSSR count). The largest absolute Gasteiger partial charge is 0.508 e. The van der Waals surface area contributed by atoms with Gasteiger partial charge in [-0.2, -0.15) is 0 Å². The van der Waals surface area contributed by atoms with Crippen molar-refractivity contribution in [3.05, 3.63) is 29.8 Å². The molecular formula is C23H33NO2. The SMILES string of the molecule is CC1CC2CCC(C(=O)N3CCC(c4ccc(O)cc4)CC3)(C1)CC2C. The monoisotopic (exact) mass is 355 g/mol. The smallest absolute Gasteiger partial charge is 0.228 e. The molecule has 1 aliphatic heterocycles. The molecule has 1 aromatic rings. The summed E-state index contributed by atoms with van der Waals surface area (Å²) < 4.78 is 0. The number of phenols is 1. The first-order valence-corrected chi connectivity index (χ1v) is 10.6. The fraction of sp³-hybridized carbons (Fsp3) is 0.696. The van der Waals surface area contributed by atoms with Gasteiger partial charge in [-0.3, -0.25) is 4.79 Å². The first-order valence-electron chi connectivity index (χ1n) is 10.6. The third kappa shape index (κ3) is 3.25. The van der Waals surface area contributed by atoms with Crippen molar-refractivity contribution in [1.82, 2.24) is 4.90 Å². The third-order valence-corrected chi connectivity index (χ3v) is 7.56. The standard InChI is InChI=1S/C23H33NO2/c1-16-13-20-7-10-23(14-16,15-17(20)2)22(26)24-11-8-19(9-12-24)18-3-5-21(25)6-4-18/h3-6,16-17,19-20,25H,7-15H2,1-2H3. The molecule has 142 valence electrons. The number of rotatable bonds is 2. The molecule has 4 fully saturated rings. The second kappa shape index (κ2) is 6.90. The average Bonchev–Trinajstić information content (AvgIpc) is 2.88. The lowest BCUT2D eigenvalue weighted by atomic mass is 9.66. The molecule has 3 nitrogen and oxygen atoms in total. The number of phenolic OH excluding ortho intramolecular Hbond substituents is 1. The Labute approximate surface area is 157 Å². The van der Waals surface area contributed by atoms with E-state index < -0.39 is 0 Å². The van der Waals surface area contributed by atoms with E-state index in [0.29, 0.717) is 29.4 Å². The van der Waals surface area contributed by atoms with Crippen molar-refractivity contribution in [1.29, 1.82) is 0 Å². The van der Waals surface area contributed by atoms with E-state index in [9.17, 15) is 9.90 Å². The van der Waals surface area contributed by atoms with Gasteiger partial charge in [0.25, 0.3) is 0 Å². The number of fused-ring (bicyclic) bond motifs is 4. The predicted molar refractivity (Wildman–Crippen MR) is 104 cm³/mol. The van der Waals surface area contributed by atoms with Gasteiger partial charge in [0.05, 0.1) is 0 Å². The van der Waals surface area contributed by atoms with Crippen LogP contribution < -0.4 is 0 Å². The highest BCUT2D eigenvalue weighted by Crippen LogP contribution is 2.53. The Balaban J connectivity index is 1.44. The molecular weight excluding hydrogens is 322 g/mol. The molecule has 4 atom stereocenters.